The molecule has 0 bridgehead atoms. The van der Waals surface area contributed by atoms with Gasteiger partial charge in [-0.1, -0.05) is 29.8 Å². The van der Waals surface area contributed by atoms with Crippen molar-refractivity contribution in [3.63, 3.8) is 0 Å². The zero-order chi connectivity index (χ0) is 11.4. The maximum absolute atomic E-state index is 11.8. The van der Waals surface area contributed by atoms with Crippen LogP contribution >= 0.6 is 11.3 Å². The Bertz CT molecular complexity index is 509. The molecule has 0 aliphatic rings. The molecule has 0 fully saturated rings. The lowest BCUT2D eigenvalue weighted by Gasteiger charge is -1.96. The summed E-state index contributed by atoms with van der Waals surface area (Å²) >= 11 is 1.63. The molecule has 1 nitrogen and oxygen atoms in total. The SMILES string of the molecule is Cc1cccc(C(=O)C=Cc2ccsc2)c1. The molecule has 1 heterocycles. The molecular weight excluding hydrogens is 216 g/mol. The molecule has 0 atom stereocenters. The number of hydrogen-bond donors (Lipinski definition) is 0. The summed E-state index contributed by atoms with van der Waals surface area (Å²) in [5.74, 6) is 0.0508. The van der Waals surface area contributed by atoms with Gasteiger partial charge in [0.15, 0.2) is 5.78 Å². The van der Waals surface area contributed by atoms with Crippen LogP contribution in [0.1, 0.15) is 21.5 Å². The molecule has 80 valence electrons. The van der Waals surface area contributed by atoms with Crippen molar-refractivity contribution < 1.29 is 4.79 Å². The summed E-state index contributed by atoms with van der Waals surface area (Å²) < 4.78 is 0. The van der Waals surface area contributed by atoms with Gasteiger partial charge in [-0.2, -0.15) is 11.3 Å². The first-order chi connectivity index (χ1) is 7.75. The van der Waals surface area contributed by atoms with Crippen LogP contribution in [-0.4, -0.2) is 5.78 Å². The molecule has 0 spiro atoms. The number of benzene rings is 1. The molecule has 0 amide bonds. The average molecular weight is 228 g/mol. The Hall–Kier alpha value is -1.67. The van der Waals surface area contributed by atoms with Crippen LogP contribution in [0.15, 0.2) is 47.2 Å². The number of ketones is 1. The van der Waals surface area contributed by atoms with Gasteiger partial charge in [0, 0.05) is 5.56 Å². The maximum atomic E-state index is 11.8. The van der Waals surface area contributed by atoms with Crippen LogP contribution in [0.5, 0.6) is 0 Å². The van der Waals surface area contributed by atoms with Crippen molar-refractivity contribution in [1.29, 1.82) is 0 Å². The summed E-state index contributed by atoms with van der Waals surface area (Å²) in [6.45, 7) is 1.99. The Labute approximate surface area is 99.1 Å². The largest absolute Gasteiger partial charge is 0.289 e. The lowest BCUT2D eigenvalue weighted by molar-refractivity contribution is 0.104. The molecular formula is C14H12OS. The van der Waals surface area contributed by atoms with Crippen LogP contribution in [0.25, 0.3) is 6.08 Å². The molecule has 2 aromatic rings. The van der Waals surface area contributed by atoms with Gasteiger partial charge in [-0.25, -0.2) is 0 Å². The fourth-order valence-corrected chi connectivity index (χ4v) is 2.06. The van der Waals surface area contributed by atoms with Crippen LogP contribution in [0.2, 0.25) is 0 Å². The quantitative estimate of drug-likeness (QED) is 0.574. The number of hydrogen-bond acceptors (Lipinski definition) is 2. The van der Waals surface area contributed by atoms with E-state index in [1.54, 1.807) is 17.4 Å². The van der Waals surface area contributed by atoms with E-state index >= 15 is 0 Å². The third-order valence-electron chi connectivity index (χ3n) is 2.27. The van der Waals surface area contributed by atoms with Crippen molar-refractivity contribution in [2.45, 2.75) is 6.92 Å². The number of allylic oxidation sites excluding steroid dienone is 1. The summed E-state index contributed by atoms with van der Waals surface area (Å²) in [6, 6.07) is 9.62. The third kappa shape index (κ3) is 2.67. The Morgan fingerprint density at radius 2 is 2.19 bits per heavy atom. The van der Waals surface area contributed by atoms with Gasteiger partial charge in [0.05, 0.1) is 0 Å². The second-order valence-electron chi connectivity index (χ2n) is 3.62. The zero-order valence-corrected chi connectivity index (χ0v) is 9.83. The van der Waals surface area contributed by atoms with Gasteiger partial charge in [-0.15, -0.1) is 0 Å². The van der Waals surface area contributed by atoms with Gasteiger partial charge in [-0.3, -0.25) is 4.79 Å². The fraction of sp³-hybridized carbons (Fsp3) is 0.0714. The monoisotopic (exact) mass is 228 g/mol. The Morgan fingerprint density at radius 1 is 1.31 bits per heavy atom. The summed E-state index contributed by atoms with van der Waals surface area (Å²) in [4.78, 5) is 11.8. The number of aryl methyl sites for hydroxylation is 1. The third-order valence-corrected chi connectivity index (χ3v) is 2.97. The van der Waals surface area contributed by atoms with Crippen molar-refractivity contribution in [3.8, 4) is 0 Å². The predicted octanol–water partition coefficient (Wildman–Crippen LogP) is 3.95. The van der Waals surface area contributed by atoms with E-state index in [-0.39, 0.29) is 5.78 Å². The van der Waals surface area contributed by atoms with E-state index < -0.39 is 0 Å². The fourth-order valence-electron chi connectivity index (χ4n) is 1.44. The Kier molecular flexibility index (Phi) is 3.32. The molecule has 0 saturated heterocycles. The van der Waals surface area contributed by atoms with Gasteiger partial charge in [0.1, 0.15) is 0 Å². The molecule has 1 aromatic heterocycles. The topological polar surface area (TPSA) is 17.1 Å². The maximum Gasteiger partial charge on any atom is 0.185 e. The van der Waals surface area contributed by atoms with Gasteiger partial charge < -0.3 is 0 Å². The second-order valence-corrected chi connectivity index (χ2v) is 4.40. The van der Waals surface area contributed by atoms with Gasteiger partial charge >= 0.3 is 0 Å². The Morgan fingerprint density at radius 3 is 2.88 bits per heavy atom. The van der Waals surface area contributed by atoms with E-state index in [9.17, 15) is 4.79 Å². The van der Waals surface area contributed by atoms with E-state index in [0.717, 1.165) is 16.7 Å². The molecule has 0 aliphatic carbocycles. The number of thiophene rings is 1. The molecule has 1 aromatic carbocycles. The molecule has 2 heteroatoms. The van der Waals surface area contributed by atoms with Crippen LogP contribution in [0.4, 0.5) is 0 Å². The van der Waals surface area contributed by atoms with E-state index in [4.69, 9.17) is 0 Å². The summed E-state index contributed by atoms with van der Waals surface area (Å²) in [5, 5.41) is 4.01. The van der Waals surface area contributed by atoms with Crippen molar-refractivity contribution in [2.75, 3.05) is 0 Å². The van der Waals surface area contributed by atoms with Gasteiger partial charge in [0.2, 0.25) is 0 Å². The smallest absolute Gasteiger partial charge is 0.185 e. The lowest BCUT2D eigenvalue weighted by atomic mass is 10.1. The molecule has 0 saturated carbocycles. The molecule has 0 aliphatic heterocycles. The van der Waals surface area contributed by atoms with Gasteiger partial charge in [-0.05, 0) is 41.5 Å². The first-order valence-electron chi connectivity index (χ1n) is 5.07. The van der Waals surface area contributed by atoms with Crippen molar-refractivity contribution in [3.05, 3.63) is 63.9 Å². The minimum absolute atomic E-state index is 0.0508. The van der Waals surface area contributed by atoms with Crippen LogP contribution in [0, 0.1) is 6.92 Å². The number of carbonyl (C=O) groups excluding carboxylic acids is 1. The van der Waals surface area contributed by atoms with E-state index in [0.29, 0.717) is 0 Å². The van der Waals surface area contributed by atoms with E-state index in [1.807, 2.05) is 54.1 Å². The van der Waals surface area contributed by atoms with Crippen molar-refractivity contribution in [2.24, 2.45) is 0 Å². The highest BCUT2D eigenvalue weighted by Gasteiger charge is 2.00. The first-order valence-corrected chi connectivity index (χ1v) is 6.01. The zero-order valence-electron chi connectivity index (χ0n) is 9.01. The first kappa shape index (κ1) is 10.8. The van der Waals surface area contributed by atoms with Crippen molar-refractivity contribution >= 4 is 23.2 Å². The molecule has 2 rings (SSSR count). The second kappa shape index (κ2) is 4.90. The Balaban J connectivity index is 2.15. The minimum Gasteiger partial charge on any atom is -0.289 e. The standard InChI is InChI=1S/C14H12OS/c1-11-3-2-4-13(9-11)14(15)6-5-12-7-8-16-10-12/h2-10H,1H3. The molecule has 0 unspecified atom stereocenters. The summed E-state index contributed by atoms with van der Waals surface area (Å²) in [5.41, 5.74) is 2.92. The molecule has 0 radical (unpaired) electrons. The van der Waals surface area contributed by atoms with Crippen molar-refractivity contribution in [1.82, 2.24) is 0 Å². The average Bonchev–Trinajstić information content (AvgIpc) is 2.78. The number of rotatable bonds is 3. The predicted molar refractivity (Wildman–Crippen MR) is 68.9 cm³/mol. The molecule has 0 N–H and O–H groups in total. The summed E-state index contributed by atoms with van der Waals surface area (Å²) in [7, 11) is 0. The van der Waals surface area contributed by atoms with Crippen LogP contribution in [-0.2, 0) is 0 Å². The highest BCUT2D eigenvalue weighted by atomic mass is 32.1. The summed E-state index contributed by atoms with van der Waals surface area (Å²) in [6.07, 6.45) is 3.47. The van der Waals surface area contributed by atoms with Gasteiger partial charge in [0.25, 0.3) is 0 Å². The van der Waals surface area contributed by atoms with Crippen LogP contribution < -0.4 is 0 Å². The highest BCUT2D eigenvalue weighted by Crippen LogP contribution is 2.10. The number of carbonyl (C=O) groups is 1. The lowest BCUT2D eigenvalue weighted by Crippen LogP contribution is -1.93. The molecule has 16 heavy (non-hydrogen) atoms. The van der Waals surface area contributed by atoms with E-state index in [1.165, 1.54) is 0 Å². The van der Waals surface area contributed by atoms with Crippen LogP contribution in [0.3, 0.4) is 0 Å². The minimum atomic E-state index is 0.0508. The normalized spacial score (nSPS) is 10.8. The van der Waals surface area contributed by atoms with E-state index in [2.05, 4.69) is 0 Å². The highest BCUT2D eigenvalue weighted by molar-refractivity contribution is 7.08.